The van der Waals surface area contributed by atoms with Crippen LogP contribution >= 0.6 is 0 Å². The Labute approximate surface area is 62.3 Å². The maximum absolute atomic E-state index is 8.06. The third-order valence-corrected chi connectivity index (χ3v) is 0.667. The Balaban J connectivity index is 0.000000180. The van der Waals surface area contributed by atoms with E-state index in [4.69, 9.17) is 5.11 Å². The largest absolute Gasteiger partial charge is 0.394 e. The fourth-order valence-electron chi connectivity index (χ4n) is 0.385. The zero-order chi connectivity index (χ0) is 7.82. The van der Waals surface area contributed by atoms with E-state index in [-0.39, 0.29) is 6.10 Å². The van der Waals surface area contributed by atoms with Crippen molar-refractivity contribution in [3.05, 3.63) is 36.4 Å². The lowest BCUT2D eigenvalue weighted by atomic mass is 10.4. The van der Waals surface area contributed by atoms with Crippen molar-refractivity contribution >= 4 is 0 Å². The Kier molecular flexibility index (Phi) is 5.79. The first-order chi connectivity index (χ1) is 4.73. The van der Waals surface area contributed by atoms with Gasteiger partial charge in [0.15, 0.2) is 0 Å². The molecule has 10 heavy (non-hydrogen) atoms. The molecule has 0 unspecified atom stereocenters. The molecule has 0 aromatic heterocycles. The topological polar surface area (TPSA) is 20.2 Å². The normalized spacial score (nSPS) is 8.40. The van der Waals surface area contributed by atoms with Crippen LogP contribution in [0.4, 0.5) is 0 Å². The Morgan fingerprint density at radius 2 is 0.900 bits per heavy atom. The number of hydrogen-bond acceptors (Lipinski definition) is 1. The van der Waals surface area contributed by atoms with Crippen molar-refractivity contribution < 1.29 is 5.11 Å². The highest BCUT2D eigenvalue weighted by Gasteiger charge is 1.69. The third kappa shape index (κ3) is 10.2. The molecule has 1 aromatic rings. The van der Waals surface area contributed by atoms with Gasteiger partial charge < -0.3 is 5.11 Å². The Hall–Kier alpha value is -0.820. The highest BCUT2D eigenvalue weighted by atomic mass is 16.3. The molecule has 0 fully saturated rings. The van der Waals surface area contributed by atoms with Gasteiger partial charge in [-0.3, -0.25) is 0 Å². The summed E-state index contributed by atoms with van der Waals surface area (Å²) in [5.74, 6) is 0. The molecule has 0 bridgehead atoms. The summed E-state index contributed by atoms with van der Waals surface area (Å²) in [6.07, 6.45) is -0.167. The number of aliphatic hydroxyl groups excluding tert-OH is 1. The van der Waals surface area contributed by atoms with Gasteiger partial charge in [0.05, 0.1) is 0 Å². The quantitative estimate of drug-likeness (QED) is 0.582. The summed E-state index contributed by atoms with van der Waals surface area (Å²) in [5.41, 5.74) is 0. The molecule has 0 saturated carbocycles. The zero-order valence-electron chi connectivity index (χ0n) is 6.49. The average Bonchev–Trinajstić information content (AvgIpc) is 1.90. The molecular formula is C9H14O. The van der Waals surface area contributed by atoms with Crippen molar-refractivity contribution in [1.29, 1.82) is 0 Å². The summed E-state index contributed by atoms with van der Waals surface area (Å²) >= 11 is 0. The SMILES string of the molecule is CC(C)O.c1ccccc1. The molecular weight excluding hydrogens is 124 g/mol. The van der Waals surface area contributed by atoms with E-state index in [2.05, 4.69) is 0 Å². The van der Waals surface area contributed by atoms with Crippen molar-refractivity contribution in [1.82, 2.24) is 0 Å². The first-order valence-corrected chi connectivity index (χ1v) is 3.41. The highest BCUT2D eigenvalue weighted by molar-refractivity contribution is 4.99. The van der Waals surface area contributed by atoms with Crippen LogP contribution in [0, 0.1) is 0 Å². The molecule has 56 valence electrons. The Morgan fingerprint density at radius 3 is 1.00 bits per heavy atom. The van der Waals surface area contributed by atoms with Gasteiger partial charge in [-0.2, -0.15) is 0 Å². The van der Waals surface area contributed by atoms with E-state index in [1.807, 2.05) is 36.4 Å². The second-order valence-corrected chi connectivity index (χ2v) is 2.25. The fourth-order valence-corrected chi connectivity index (χ4v) is 0.385. The summed E-state index contributed by atoms with van der Waals surface area (Å²) < 4.78 is 0. The van der Waals surface area contributed by atoms with Gasteiger partial charge >= 0.3 is 0 Å². The van der Waals surface area contributed by atoms with Gasteiger partial charge in [0.2, 0.25) is 0 Å². The van der Waals surface area contributed by atoms with Crippen LogP contribution in [0.1, 0.15) is 13.8 Å². The van der Waals surface area contributed by atoms with Gasteiger partial charge in [0.25, 0.3) is 0 Å². The molecule has 0 aliphatic heterocycles. The van der Waals surface area contributed by atoms with E-state index >= 15 is 0 Å². The lowest BCUT2D eigenvalue weighted by Crippen LogP contribution is -1.85. The smallest absolute Gasteiger partial charge is 0.0483 e. The number of rotatable bonds is 0. The lowest BCUT2D eigenvalue weighted by molar-refractivity contribution is 0.216. The number of benzene rings is 1. The predicted octanol–water partition coefficient (Wildman–Crippen LogP) is 2.07. The maximum atomic E-state index is 8.06. The van der Waals surface area contributed by atoms with Gasteiger partial charge in [0, 0.05) is 6.10 Å². The summed E-state index contributed by atoms with van der Waals surface area (Å²) in [6, 6.07) is 12.0. The summed E-state index contributed by atoms with van der Waals surface area (Å²) in [7, 11) is 0. The van der Waals surface area contributed by atoms with Crippen LogP contribution < -0.4 is 0 Å². The van der Waals surface area contributed by atoms with Gasteiger partial charge in [-0.15, -0.1) is 0 Å². The Bertz CT molecular complexity index is 105. The standard InChI is InChI=1S/C6H6.C3H8O/c1-2-4-6-5-3-1;1-3(2)4/h1-6H;3-4H,1-2H3. The van der Waals surface area contributed by atoms with Gasteiger partial charge in [-0.1, -0.05) is 36.4 Å². The van der Waals surface area contributed by atoms with Gasteiger partial charge in [0.1, 0.15) is 0 Å². The molecule has 1 nitrogen and oxygen atoms in total. The maximum Gasteiger partial charge on any atom is 0.0483 e. The average molecular weight is 138 g/mol. The van der Waals surface area contributed by atoms with E-state index in [1.54, 1.807) is 13.8 Å². The van der Waals surface area contributed by atoms with Crippen LogP contribution in [0.15, 0.2) is 36.4 Å². The zero-order valence-corrected chi connectivity index (χ0v) is 6.49. The molecule has 1 heteroatoms. The van der Waals surface area contributed by atoms with Gasteiger partial charge in [-0.05, 0) is 13.8 Å². The van der Waals surface area contributed by atoms with Gasteiger partial charge in [-0.25, -0.2) is 0 Å². The van der Waals surface area contributed by atoms with Crippen LogP contribution in [0.3, 0.4) is 0 Å². The van der Waals surface area contributed by atoms with E-state index in [0.717, 1.165) is 0 Å². The van der Waals surface area contributed by atoms with Crippen LogP contribution in [0.25, 0.3) is 0 Å². The highest BCUT2D eigenvalue weighted by Crippen LogP contribution is 1.79. The van der Waals surface area contributed by atoms with Crippen molar-refractivity contribution in [2.75, 3.05) is 0 Å². The van der Waals surface area contributed by atoms with E-state index in [0.29, 0.717) is 0 Å². The third-order valence-electron chi connectivity index (χ3n) is 0.667. The van der Waals surface area contributed by atoms with Crippen LogP contribution in [0.2, 0.25) is 0 Å². The summed E-state index contributed by atoms with van der Waals surface area (Å²) in [4.78, 5) is 0. The van der Waals surface area contributed by atoms with Crippen molar-refractivity contribution in [3.8, 4) is 0 Å². The van der Waals surface area contributed by atoms with Crippen molar-refractivity contribution in [2.24, 2.45) is 0 Å². The second-order valence-electron chi connectivity index (χ2n) is 2.25. The molecule has 1 aromatic carbocycles. The minimum atomic E-state index is -0.167. The summed E-state index contributed by atoms with van der Waals surface area (Å²) in [5, 5.41) is 8.06. The van der Waals surface area contributed by atoms with E-state index < -0.39 is 0 Å². The molecule has 1 rings (SSSR count). The van der Waals surface area contributed by atoms with Crippen LogP contribution in [0.5, 0.6) is 0 Å². The molecule has 0 saturated heterocycles. The fraction of sp³-hybridized carbons (Fsp3) is 0.333. The first kappa shape index (κ1) is 9.18. The van der Waals surface area contributed by atoms with Crippen molar-refractivity contribution in [2.45, 2.75) is 20.0 Å². The molecule has 0 aliphatic rings. The molecule has 0 amide bonds. The minimum Gasteiger partial charge on any atom is -0.394 e. The van der Waals surface area contributed by atoms with Crippen molar-refractivity contribution in [3.63, 3.8) is 0 Å². The molecule has 0 aliphatic carbocycles. The molecule has 0 heterocycles. The Morgan fingerprint density at radius 1 is 0.800 bits per heavy atom. The number of aliphatic hydroxyl groups is 1. The first-order valence-electron chi connectivity index (χ1n) is 3.41. The lowest BCUT2D eigenvalue weighted by Gasteiger charge is -1.80. The number of hydrogen-bond donors (Lipinski definition) is 1. The second kappa shape index (κ2) is 6.30. The molecule has 0 radical (unpaired) electrons. The summed E-state index contributed by atoms with van der Waals surface area (Å²) in [6.45, 7) is 3.44. The molecule has 0 atom stereocenters. The van der Waals surface area contributed by atoms with Crippen LogP contribution in [-0.2, 0) is 0 Å². The monoisotopic (exact) mass is 138 g/mol. The predicted molar refractivity (Wildman–Crippen MR) is 43.8 cm³/mol. The van der Waals surface area contributed by atoms with Crippen LogP contribution in [-0.4, -0.2) is 11.2 Å². The van der Waals surface area contributed by atoms with E-state index in [1.165, 1.54) is 0 Å². The van der Waals surface area contributed by atoms with E-state index in [9.17, 15) is 0 Å². The molecule has 1 N–H and O–H groups in total. The minimum absolute atomic E-state index is 0.167. The molecule has 0 spiro atoms.